The van der Waals surface area contributed by atoms with Gasteiger partial charge in [0.25, 0.3) is 0 Å². The molecule has 1 unspecified atom stereocenters. The van der Waals surface area contributed by atoms with Crippen molar-refractivity contribution in [3.8, 4) is 0 Å². The van der Waals surface area contributed by atoms with Gasteiger partial charge in [0.1, 0.15) is 5.65 Å². The van der Waals surface area contributed by atoms with Crippen molar-refractivity contribution in [2.75, 3.05) is 13.1 Å². The first kappa shape index (κ1) is 14.1. The standard InChI is InChI=1S/C15H17N3O2S/c1-10(19)21-13-7-14(20)18(9-13)5-3-11-6-12-2-4-16-15(12)17-8-11/h2,4,6,8,13H,3,5,7,9H2,1H3,(H,16,17). The first-order valence-electron chi connectivity index (χ1n) is 6.99. The third-order valence-electron chi connectivity index (χ3n) is 3.64. The lowest BCUT2D eigenvalue weighted by Gasteiger charge is -2.16. The van der Waals surface area contributed by atoms with Gasteiger partial charge in [-0.3, -0.25) is 9.59 Å². The molecular formula is C15H17N3O2S. The van der Waals surface area contributed by atoms with Gasteiger partial charge in [-0.25, -0.2) is 4.98 Å². The van der Waals surface area contributed by atoms with E-state index in [1.54, 1.807) is 6.92 Å². The molecule has 110 valence electrons. The van der Waals surface area contributed by atoms with E-state index in [-0.39, 0.29) is 16.3 Å². The zero-order valence-corrected chi connectivity index (χ0v) is 12.7. The smallest absolute Gasteiger partial charge is 0.223 e. The van der Waals surface area contributed by atoms with Crippen molar-refractivity contribution < 1.29 is 9.59 Å². The summed E-state index contributed by atoms with van der Waals surface area (Å²) in [5.41, 5.74) is 2.01. The normalized spacial score (nSPS) is 18.6. The molecule has 1 aliphatic heterocycles. The summed E-state index contributed by atoms with van der Waals surface area (Å²) in [4.78, 5) is 32.3. The first-order chi connectivity index (χ1) is 10.1. The Labute approximate surface area is 127 Å². The molecule has 1 fully saturated rings. The van der Waals surface area contributed by atoms with Crippen molar-refractivity contribution in [2.24, 2.45) is 0 Å². The number of likely N-dealkylation sites (tertiary alicyclic amines) is 1. The summed E-state index contributed by atoms with van der Waals surface area (Å²) in [5.74, 6) is 0.143. The third kappa shape index (κ3) is 3.26. The predicted octanol–water partition coefficient (Wildman–Crippen LogP) is 1.99. The summed E-state index contributed by atoms with van der Waals surface area (Å²) in [5, 5.41) is 1.28. The van der Waals surface area contributed by atoms with Crippen LogP contribution in [0.25, 0.3) is 11.0 Å². The number of nitrogens with zero attached hydrogens (tertiary/aromatic N) is 2. The maximum Gasteiger partial charge on any atom is 0.223 e. The van der Waals surface area contributed by atoms with E-state index in [0.29, 0.717) is 19.5 Å². The molecule has 21 heavy (non-hydrogen) atoms. The minimum atomic E-state index is 0.0803. The predicted molar refractivity (Wildman–Crippen MR) is 83.1 cm³/mol. The Morgan fingerprint density at radius 1 is 1.57 bits per heavy atom. The van der Waals surface area contributed by atoms with E-state index < -0.39 is 0 Å². The van der Waals surface area contributed by atoms with Gasteiger partial charge in [-0.2, -0.15) is 0 Å². The molecule has 2 aromatic rings. The SMILES string of the molecule is CC(=O)SC1CC(=O)N(CCc2cnc3[nH]ccc3c2)C1. The molecule has 0 aromatic carbocycles. The molecule has 0 radical (unpaired) electrons. The van der Waals surface area contributed by atoms with Crippen molar-refractivity contribution >= 4 is 33.8 Å². The van der Waals surface area contributed by atoms with Gasteiger partial charge in [0.2, 0.25) is 5.91 Å². The summed E-state index contributed by atoms with van der Waals surface area (Å²) >= 11 is 1.28. The van der Waals surface area contributed by atoms with Gasteiger partial charge in [0.05, 0.1) is 0 Å². The molecule has 5 nitrogen and oxygen atoms in total. The van der Waals surface area contributed by atoms with E-state index in [1.807, 2.05) is 23.4 Å². The van der Waals surface area contributed by atoms with Crippen molar-refractivity contribution in [1.29, 1.82) is 0 Å². The fourth-order valence-electron chi connectivity index (χ4n) is 2.65. The van der Waals surface area contributed by atoms with Gasteiger partial charge in [-0.1, -0.05) is 11.8 Å². The minimum absolute atomic E-state index is 0.0803. The Kier molecular flexibility index (Phi) is 3.96. The maximum atomic E-state index is 11.9. The molecule has 6 heteroatoms. The number of hydrogen-bond donors (Lipinski definition) is 1. The minimum Gasteiger partial charge on any atom is -0.346 e. The lowest BCUT2D eigenvalue weighted by molar-refractivity contribution is -0.127. The van der Waals surface area contributed by atoms with Gasteiger partial charge in [-0.15, -0.1) is 0 Å². The van der Waals surface area contributed by atoms with Crippen LogP contribution in [0.4, 0.5) is 0 Å². The van der Waals surface area contributed by atoms with Crippen LogP contribution < -0.4 is 0 Å². The van der Waals surface area contributed by atoms with Crippen LogP contribution in [-0.4, -0.2) is 44.2 Å². The zero-order chi connectivity index (χ0) is 14.8. The molecule has 1 atom stereocenters. The molecule has 0 spiro atoms. The number of aromatic amines is 1. The molecule has 0 bridgehead atoms. The van der Waals surface area contributed by atoms with Gasteiger partial charge in [-0.05, 0) is 24.1 Å². The summed E-state index contributed by atoms with van der Waals surface area (Å²) in [6, 6.07) is 4.09. The van der Waals surface area contributed by atoms with E-state index in [4.69, 9.17) is 0 Å². The number of carbonyl (C=O) groups is 2. The Morgan fingerprint density at radius 3 is 3.24 bits per heavy atom. The van der Waals surface area contributed by atoms with E-state index in [0.717, 1.165) is 23.0 Å². The highest BCUT2D eigenvalue weighted by Gasteiger charge is 2.30. The third-order valence-corrected chi connectivity index (χ3v) is 4.62. The molecule has 0 saturated carbocycles. The second-order valence-corrected chi connectivity index (χ2v) is 6.76. The van der Waals surface area contributed by atoms with E-state index >= 15 is 0 Å². The highest BCUT2D eigenvalue weighted by molar-refractivity contribution is 8.14. The largest absolute Gasteiger partial charge is 0.346 e. The van der Waals surface area contributed by atoms with Crippen molar-refractivity contribution in [2.45, 2.75) is 25.0 Å². The number of aromatic nitrogens is 2. The molecule has 1 amide bonds. The first-order valence-corrected chi connectivity index (χ1v) is 7.87. The van der Waals surface area contributed by atoms with E-state index in [9.17, 15) is 9.59 Å². The maximum absolute atomic E-state index is 11.9. The second-order valence-electron chi connectivity index (χ2n) is 5.28. The quantitative estimate of drug-likeness (QED) is 0.938. The number of thioether (sulfide) groups is 1. The summed E-state index contributed by atoms with van der Waals surface area (Å²) in [6.45, 7) is 2.91. The van der Waals surface area contributed by atoms with Crippen LogP contribution in [0, 0.1) is 0 Å². The average Bonchev–Trinajstić information content (AvgIpc) is 3.01. The summed E-state index contributed by atoms with van der Waals surface area (Å²) in [6.07, 6.45) is 4.98. The monoisotopic (exact) mass is 303 g/mol. The van der Waals surface area contributed by atoms with Crippen LogP contribution in [0.15, 0.2) is 24.5 Å². The van der Waals surface area contributed by atoms with Gasteiger partial charge < -0.3 is 9.88 Å². The fraction of sp³-hybridized carbons (Fsp3) is 0.400. The highest BCUT2D eigenvalue weighted by atomic mass is 32.2. The van der Waals surface area contributed by atoms with Crippen LogP contribution in [0.3, 0.4) is 0 Å². The van der Waals surface area contributed by atoms with Crippen LogP contribution in [0.5, 0.6) is 0 Å². The van der Waals surface area contributed by atoms with Crippen molar-refractivity contribution in [3.05, 3.63) is 30.1 Å². The number of rotatable bonds is 4. The van der Waals surface area contributed by atoms with Crippen molar-refractivity contribution in [3.63, 3.8) is 0 Å². The molecule has 3 heterocycles. The van der Waals surface area contributed by atoms with E-state index in [1.165, 1.54) is 11.8 Å². The molecule has 2 aromatic heterocycles. The number of pyridine rings is 1. The topological polar surface area (TPSA) is 66.1 Å². The van der Waals surface area contributed by atoms with Crippen LogP contribution in [0.2, 0.25) is 0 Å². The molecular weight excluding hydrogens is 286 g/mol. The molecule has 0 aliphatic carbocycles. The molecule has 3 rings (SSSR count). The van der Waals surface area contributed by atoms with Crippen LogP contribution in [0.1, 0.15) is 18.9 Å². The van der Waals surface area contributed by atoms with Gasteiger partial charge >= 0.3 is 0 Å². The molecule has 1 saturated heterocycles. The van der Waals surface area contributed by atoms with Gasteiger partial charge in [0, 0.05) is 49.5 Å². The zero-order valence-electron chi connectivity index (χ0n) is 11.8. The number of fused-ring (bicyclic) bond motifs is 1. The Morgan fingerprint density at radius 2 is 2.43 bits per heavy atom. The Hall–Kier alpha value is -1.82. The Balaban J connectivity index is 1.59. The Bertz CT molecular complexity index is 682. The second kappa shape index (κ2) is 5.89. The number of carbonyl (C=O) groups excluding carboxylic acids is 2. The summed E-state index contributed by atoms with van der Waals surface area (Å²) in [7, 11) is 0. The molecule has 1 N–H and O–H groups in total. The molecule has 1 aliphatic rings. The number of amides is 1. The average molecular weight is 303 g/mol. The number of H-pyrrole nitrogens is 1. The lowest BCUT2D eigenvalue weighted by atomic mass is 10.2. The highest BCUT2D eigenvalue weighted by Crippen LogP contribution is 2.24. The van der Waals surface area contributed by atoms with E-state index in [2.05, 4.69) is 16.0 Å². The number of hydrogen-bond acceptors (Lipinski definition) is 4. The van der Waals surface area contributed by atoms with Crippen molar-refractivity contribution in [1.82, 2.24) is 14.9 Å². The van der Waals surface area contributed by atoms with Gasteiger partial charge in [0.15, 0.2) is 5.12 Å². The van der Waals surface area contributed by atoms with Crippen LogP contribution in [-0.2, 0) is 16.0 Å². The lowest BCUT2D eigenvalue weighted by Crippen LogP contribution is -2.28. The summed E-state index contributed by atoms with van der Waals surface area (Å²) < 4.78 is 0. The van der Waals surface area contributed by atoms with Crippen LogP contribution >= 0.6 is 11.8 Å². The number of nitrogens with one attached hydrogen (secondary N) is 1. The fourth-order valence-corrected chi connectivity index (χ4v) is 3.60.